The van der Waals surface area contributed by atoms with Crippen LogP contribution in [0.4, 0.5) is 0 Å². The zero-order valence-corrected chi connectivity index (χ0v) is 7.86. The molecule has 2 heteroatoms. The summed E-state index contributed by atoms with van der Waals surface area (Å²) in [7, 11) is 0. The van der Waals surface area contributed by atoms with E-state index in [9.17, 15) is 5.11 Å². The second kappa shape index (κ2) is 2.80. The van der Waals surface area contributed by atoms with Gasteiger partial charge in [-0.3, -0.25) is 0 Å². The molecule has 0 bridgehead atoms. The monoisotopic (exact) mass is 175 g/mol. The van der Waals surface area contributed by atoms with Crippen molar-refractivity contribution in [3.05, 3.63) is 30.5 Å². The molecule has 2 rings (SSSR count). The number of nitrogens with zero attached hydrogens (tertiary/aromatic N) is 1. The quantitative estimate of drug-likeness (QED) is 0.708. The summed E-state index contributed by atoms with van der Waals surface area (Å²) in [6.45, 7) is 4.21. The van der Waals surface area contributed by atoms with E-state index in [-0.39, 0.29) is 0 Å². The molecule has 0 fully saturated rings. The second-order valence-electron chi connectivity index (χ2n) is 3.53. The third kappa shape index (κ3) is 1.18. The average Bonchev–Trinajstić information content (AvgIpc) is 2.45. The Morgan fingerprint density at radius 1 is 1.23 bits per heavy atom. The summed E-state index contributed by atoms with van der Waals surface area (Å²) in [5.74, 6) is 0.365. The fourth-order valence-electron chi connectivity index (χ4n) is 1.61. The average molecular weight is 175 g/mol. The molecule has 0 amide bonds. The van der Waals surface area contributed by atoms with Gasteiger partial charge in [-0.05, 0) is 26.0 Å². The number of rotatable bonds is 1. The molecule has 2 aromatic rings. The van der Waals surface area contributed by atoms with E-state index in [1.807, 2.05) is 24.3 Å². The van der Waals surface area contributed by atoms with E-state index in [1.165, 1.54) is 0 Å². The van der Waals surface area contributed by atoms with E-state index in [0.29, 0.717) is 11.8 Å². The zero-order chi connectivity index (χ0) is 9.42. The van der Waals surface area contributed by atoms with Crippen molar-refractivity contribution in [1.29, 1.82) is 0 Å². The predicted molar refractivity (Wildman–Crippen MR) is 54.0 cm³/mol. The number of para-hydroxylation sites is 1. The van der Waals surface area contributed by atoms with Gasteiger partial charge in [0.25, 0.3) is 0 Å². The Hall–Kier alpha value is -1.44. The number of hydrogen-bond acceptors (Lipinski definition) is 1. The zero-order valence-electron chi connectivity index (χ0n) is 7.86. The normalized spacial score (nSPS) is 11.3. The molecule has 0 radical (unpaired) electrons. The first kappa shape index (κ1) is 8.17. The van der Waals surface area contributed by atoms with Gasteiger partial charge in [-0.15, -0.1) is 0 Å². The Morgan fingerprint density at radius 2 is 1.92 bits per heavy atom. The molecule has 1 aromatic heterocycles. The first-order valence-corrected chi connectivity index (χ1v) is 4.48. The van der Waals surface area contributed by atoms with Crippen molar-refractivity contribution in [2.24, 2.45) is 0 Å². The Bertz CT molecular complexity index is 429. The minimum atomic E-state index is 0.365. The minimum Gasteiger partial charge on any atom is -0.506 e. The lowest BCUT2D eigenvalue weighted by molar-refractivity contribution is 0.475. The molecule has 1 aromatic carbocycles. The fraction of sp³-hybridized carbons (Fsp3) is 0.273. The molecule has 1 N–H and O–H groups in total. The van der Waals surface area contributed by atoms with Crippen molar-refractivity contribution < 1.29 is 5.11 Å². The first-order valence-electron chi connectivity index (χ1n) is 4.48. The van der Waals surface area contributed by atoms with Gasteiger partial charge in [0.1, 0.15) is 5.75 Å². The summed E-state index contributed by atoms with van der Waals surface area (Å²) in [5, 5.41) is 10.5. The summed E-state index contributed by atoms with van der Waals surface area (Å²) >= 11 is 0. The number of benzene rings is 1. The molecular weight excluding hydrogens is 162 g/mol. The lowest BCUT2D eigenvalue weighted by atomic mass is 10.2. The van der Waals surface area contributed by atoms with Crippen LogP contribution < -0.4 is 0 Å². The third-order valence-electron chi connectivity index (χ3n) is 2.28. The maximum Gasteiger partial charge on any atom is 0.141 e. The van der Waals surface area contributed by atoms with E-state index in [2.05, 4.69) is 18.4 Å². The van der Waals surface area contributed by atoms with Crippen molar-refractivity contribution in [1.82, 2.24) is 4.57 Å². The van der Waals surface area contributed by atoms with Gasteiger partial charge >= 0.3 is 0 Å². The highest BCUT2D eigenvalue weighted by molar-refractivity contribution is 5.86. The smallest absolute Gasteiger partial charge is 0.141 e. The topological polar surface area (TPSA) is 25.2 Å². The van der Waals surface area contributed by atoms with Crippen LogP contribution in [0.15, 0.2) is 30.5 Å². The molecule has 0 saturated heterocycles. The molecule has 1 heterocycles. The molecular formula is C11H13NO. The van der Waals surface area contributed by atoms with E-state index in [1.54, 1.807) is 6.20 Å². The van der Waals surface area contributed by atoms with Crippen LogP contribution in [0.25, 0.3) is 10.9 Å². The number of fused-ring (bicyclic) bond motifs is 1. The highest BCUT2D eigenvalue weighted by Gasteiger charge is 2.07. The fourth-order valence-corrected chi connectivity index (χ4v) is 1.61. The molecule has 2 nitrogen and oxygen atoms in total. The molecule has 0 saturated carbocycles. The minimum absolute atomic E-state index is 0.365. The van der Waals surface area contributed by atoms with Gasteiger partial charge in [-0.25, -0.2) is 0 Å². The van der Waals surface area contributed by atoms with Crippen LogP contribution in [-0.4, -0.2) is 9.67 Å². The lowest BCUT2D eigenvalue weighted by Crippen LogP contribution is -1.97. The van der Waals surface area contributed by atoms with Crippen LogP contribution >= 0.6 is 0 Å². The third-order valence-corrected chi connectivity index (χ3v) is 2.28. The van der Waals surface area contributed by atoms with Gasteiger partial charge in [0.2, 0.25) is 0 Å². The first-order chi connectivity index (χ1) is 6.20. The van der Waals surface area contributed by atoms with Gasteiger partial charge < -0.3 is 9.67 Å². The molecule has 68 valence electrons. The SMILES string of the molecule is CC(C)n1cc(O)c2ccccc21. The molecule has 0 aliphatic carbocycles. The maximum atomic E-state index is 9.62. The van der Waals surface area contributed by atoms with E-state index in [0.717, 1.165) is 10.9 Å². The molecule has 0 unspecified atom stereocenters. The Kier molecular flexibility index (Phi) is 1.76. The molecule has 0 aliphatic rings. The van der Waals surface area contributed by atoms with Gasteiger partial charge in [0.15, 0.2) is 0 Å². The van der Waals surface area contributed by atoms with E-state index >= 15 is 0 Å². The summed E-state index contributed by atoms with van der Waals surface area (Å²) in [5.41, 5.74) is 1.09. The highest BCUT2D eigenvalue weighted by atomic mass is 16.3. The predicted octanol–water partition coefficient (Wildman–Crippen LogP) is 2.93. The Labute approximate surface area is 77.4 Å². The van der Waals surface area contributed by atoms with E-state index in [4.69, 9.17) is 0 Å². The van der Waals surface area contributed by atoms with Crippen LogP contribution in [0.2, 0.25) is 0 Å². The summed E-state index contributed by atoms with van der Waals surface area (Å²) < 4.78 is 2.07. The van der Waals surface area contributed by atoms with Gasteiger partial charge in [-0.2, -0.15) is 0 Å². The van der Waals surface area contributed by atoms with Gasteiger partial charge in [-0.1, -0.05) is 12.1 Å². The molecule has 0 aliphatic heterocycles. The van der Waals surface area contributed by atoms with Crippen molar-refractivity contribution in [2.75, 3.05) is 0 Å². The molecule has 0 spiro atoms. The summed E-state index contributed by atoms with van der Waals surface area (Å²) in [6.07, 6.45) is 1.79. The van der Waals surface area contributed by atoms with E-state index < -0.39 is 0 Å². The Morgan fingerprint density at radius 3 is 2.62 bits per heavy atom. The van der Waals surface area contributed by atoms with Crippen LogP contribution in [0.5, 0.6) is 5.75 Å². The van der Waals surface area contributed by atoms with Gasteiger partial charge in [0, 0.05) is 17.6 Å². The van der Waals surface area contributed by atoms with Crippen LogP contribution in [0.1, 0.15) is 19.9 Å². The lowest BCUT2D eigenvalue weighted by Gasteiger charge is -2.07. The van der Waals surface area contributed by atoms with Gasteiger partial charge in [0.05, 0.1) is 5.52 Å². The molecule has 0 atom stereocenters. The highest BCUT2D eigenvalue weighted by Crippen LogP contribution is 2.28. The van der Waals surface area contributed by atoms with Crippen molar-refractivity contribution in [3.63, 3.8) is 0 Å². The summed E-state index contributed by atoms with van der Waals surface area (Å²) in [6, 6.07) is 8.26. The number of aromatic nitrogens is 1. The summed E-state index contributed by atoms with van der Waals surface area (Å²) in [4.78, 5) is 0. The number of aromatic hydroxyl groups is 1. The standard InChI is InChI=1S/C11H13NO/c1-8(2)12-7-11(13)9-5-3-4-6-10(9)12/h3-8,13H,1-2H3. The maximum absolute atomic E-state index is 9.62. The number of hydrogen-bond donors (Lipinski definition) is 1. The Balaban J connectivity index is 2.78. The van der Waals surface area contributed by atoms with Crippen molar-refractivity contribution >= 4 is 10.9 Å². The van der Waals surface area contributed by atoms with Crippen molar-refractivity contribution in [3.8, 4) is 5.75 Å². The van der Waals surface area contributed by atoms with Crippen LogP contribution in [-0.2, 0) is 0 Å². The van der Waals surface area contributed by atoms with Crippen LogP contribution in [0.3, 0.4) is 0 Å². The largest absolute Gasteiger partial charge is 0.506 e. The van der Waals surface area contributed by atoms with Crippen molar-refractivity contribution in [2.45, 2.75) is 19.9 Å². The van der Waals surface area contributed by atoms with Crippen LogP contribution in [0, 0.1) is 0 Å². The second-order valence-corrected chi connectivity index (χ2v) is 3.53. The molecule has 13 heavy (non-hydrogen) atoms.